The molecule has 2 aromatic heterocycles. The molecule has 23 heavy (non-hydrogen) atoms. The third-order valence-corrected chi connectivity index (χ3v) is 5.21. The number of likely N-dealkylation sites (N-methyl/N-ethyl adjacent to an activating group) is 1. The van der Waals surface area contributed by atoms with Gasteiger partial charge in [0.25, 0.3) is 0 Å². The van der Waals surface area contributed by atoms with E-state index in [-0.39, 0.29) is 0 Å². The van der Waals surface area contributed by atoms with E-state index in [0.717, 1.165) is 24.2 Å². The Morgan fingerprint density at radius 3 is 2.65 bits per heavy atom. The van der Waals surface area contributed by atoms with E-state index in [0.29, 0.717) is 6.42 Å². The van der Waals surface area contributed by atoms with E-state index in [1.807, 2.05) is 24.3 Å². The van der Waals surface area contributed by atoms with Crippen LogP contribution in [-0.2, 0) is 12.8 Å². The largest absolute Gasteiger partial charge is 0.388 e. The third-order valence-electron chi connectivity index (χ3n) is 3.96. The molecule has 0 spiro atoms. The Balaban J connectivity index is 1.94. The fraction of sp³-hybridized carbons (Fsp3) is 0.316. The molecule has 0 fully saturated rings. The number of fused-ring (bicyclic) bond motifs is 1. The van der Waals surface area contributed by atoms with E-state index in [1.165, 1.54) is 15.0 Å². The second kappa shape index (κ2) is 7.21. The highest BCUT2D eigenvalue weighted by molar-refractivity contribution is 7.19. The molecule has 3 aromatic rings. The number of thiophene rings is 1. The first-order chi connectivity index (χ1) is 11.1. The maximum Gasteiger partial charge on any atom is 0.0862 e. The van der Waals surface area contributed by atoms with Crippen LogP contribution in [0, 0.1) is 0 Å². The van der Waals surface area contributed by atoms with Crippen molar-refractivity contribution in [2.75, 3.05) is 20.6 Å². The van der Waals surface area contributed by atoms with Crippen LogP contribution in [0.5, 0.6) is 0 Å². The number of pyridine rings is 1. The number of nitrogens with zero attached hydrogens (tertiary/aromatic N) is 2. The number of rotatable bonds is 6. The molecular formula is C19H22N2OS. The van der Waals surface area contributed by atoms with Crippen LogP contribution >= 0.6 is 11.3 Å². The van der Waals surface area contributed by atoms with Gasteiger partial charge in [0.1, 0.15) is 0 Å². The summed E-state index contributed by atoms with van der Waals surface area (Å²) in [6.45, 7) is 0.982. The SMILES string of the molecule is CN(C)CCc1sc2ccccc2c1C(O)Cc1ccccn1. The molecule has 0 bridgehead atoms. The Labute approximate surface area is 141 Å². The summed E-state index contributed by atoms with van der Waals surface area (Å²) in [5, 5.41) is 12.0. The molecule has 2 heterocycles. The van der Waals surface area contributed by atoms with E-state index in [9.17, 15) is 5.11 Å². The normalized spacial score (nSPS) is 12.9. The van der Waals surface area contributed by atoms with Gasteiger partial charge in [0.05, 0.1) is 6.10 Å². The molecule has 0 aliphatic heterocycles. The van der Waals surface area contributed by atoms with Gasteiger partial charge in [0.15, 0.2) is 0 Å². The maximum absolute atomic E-state index is 10.9. The highest BCUT2D eigenvalue weighted by Gasteiger charge is 2.19. The molecule has 1 atom stereocenters. The molecule has 1 aromatic carbocycles. The topological polar surface area (TPSA) is 36.4 Å². The fourth-order valence-electron chi connectivity index (χ4n) is 2.81. The van der Waals surface area contributed by atoms with Gasteiger partial charge >= 0.3 is 0 Å². The first-order valence-corrected chi connectivity index (χ1v) is 8.70. The van der Waals surface area contributed by atoms with Gasteiger partial charge < -0.3 is 10.0 Å². The average Bonchev–Trinajstić information content (AvgIpc) is 2.92. The first-order valence-electron chi connectivity index (χ1n) is 7.88. The van der Waals surface area contributed by atoms with Crippen LogP contribution in [0.2, 0.25) is 0 Å². The molecule has 0 aliphatic rings. The zero-order chi connectivity index (χ0) is 16.2. The van der Waals surface area contributed by atoms with Crippen LogP contribution < -0.4 is 0 Å². The molecule has 1 unspecified atom stereocenters. The lowest BCUT2D eigenvalue weighted by molar-refractivity contribution is 0.178. The van der Waals surface area contributed by atoms with Gasteiger partial charge in [0.2, 0.25) is 0 Å². The molecule has 0 saturated carbocycles. The zero-order valence-corrected chi connectivity index (χ0v) is 14.4. The number of benzene rings is 1. The van der Waals surface area contributed by atoms with Crippen molar-refractivity contribution < 1.29 is 5.11 Å². The van der Waals surface area contributed by atoms with Crippen molar-refractivity contribution in [3.63, 3.8) is 0 Å². The molecule has 3 rings (SSSR count). The van der Waals surface area contributed by atoms with E-state index in [4.69, 9.17) is 0 Å². The lowest BCUT2D eigenvalue weighted by Crippen LogP contribution is -2.15. The van der Waals surface area contributed by atoms with Crippen LogP contribution in [0.1, 0.15) is 22.2 Å². The highest BCUT2D eigenvalue weighted by Crippen LogP contribution is 2.36. The monoisotopic (exact) mass is 326 g/mol. The van der Waals surface area contributed by atoms with Gasteiger partial charge in [-0.25, -0.2) is 0 Å². The van der Waals surface area contributed by atoms with Gasteiger partial charge in [0, 0.05) is 40.0 Å². The summed E-state index contributed by atoms with van der Waals surface area (Å²) < 4.78 is 1.25. The minimum absolute atomic E-state index is 0.516. The average molecular weight is 326 g/mol. The van der Waals surface area contributed by atoms with Gasteiger partial charge in [-0.2, -0.15) is 0 Å². The van der Waals surface area contributed by atoms with Crippen molar-refractivity contribution in [1.82, 2.24) is 9.88 Å². The van der Waals surface area contributed by atoms with Crippen molar-refractivity contribution >= 4 is 21.4 Å². The van der Waals surface area contributed by atoms with E-state index in [2.05, 4.69) is 42.2 Å². The van der Waals surface area contributed by atoms with Crippen molar-refractivity contribution in [1.29, 1.82) is 0 Å². The number of aromatic nitrogens is 1. The van der Waals surface area contributed by atoms with Crippen LogP contribution in [0.3, 0.4) is 0 Å². The Bertz CT molecular complexity index is 767. The summed E-state index contributed by atoms with van der Waals surface area (Å²) in [4.78, 5) is 7.81. The number of aliphatic hydroxyl groups excluding tert-OH is 1. The first kappa shape index (κ1) is 16.1. The number of hydrogen-bond donors (Lipinski definition) is 1. The molecule has 3 nitrogen and oxygen atoms in total. The molecule has 0 amide bonds. The van der Waals surface area contributed by atoms with Crippen LogP contribution in [0.25, 0.3) is 10.1 Å². The number of hydrogen-bond acceptors (Lipinski definition) is 4. The van der Waals surface area contributed by atoms with Crippen molar-refractivity contribution in [3.8, 4) is 0 Å². The summed E-state index contributed by atoms with van der Waals surface area (Å²) in [6.07, 6.45) is 2.77. The Morgan fingerprint density at radius 1 is 1.13 bits per heavy atom. The second-order valence-corrected chi connectivity index (χ2v) is 7.17. The predicted octanol–water partition coefficient (Wildman–Crippen LogP) is 3.68. The maximum atomic E-state index is 10.9. The summed E-state index contributed by atoms with van der Waals surface area (Å²) >= 11 is 1.80. The van der Waals surface area contributed by atoms with E-state index >= 15 is 0 Å². The predicted molar refractivity (Wildman–Crippen MR) is 97.0 cm³/mol. The summed E-state index contributed by atoms with van der Waals surface area (Å²) in [6, 6.07) is 14.2. The molecule has 1 N–H and O–H groups in total. The Hall–Kier alpha value is -1.75. The molecule has 0 saturated heterocycles. The lowest BCUT2D eigenvalue weighted by atomic mass is 10.00. The van der Waals surface area contributed by atoms with Crippen LogP contribution in [0.4, 0.5) is 0 Å². The third kappa shape index (κ3) is 3.78. The standard InChI is InChI=1S/C19H22N2OS/c1-21(2)12-10-18-19(15-8-3-4-9-17(15)23-18)16(22)13-14-7-5-6-11-20-14/h3-9,11,16,22H,10,12-13H2,1-2H3. The number of aliphatic hydroxyl groups is 1. The minimum Gasteiger partial charge on any atom is -0.388 e. The molecule has 120 valence electrons. The summed E-state index contributed by atoms with van der Waals surface area (Å²) in [5.41, 5.74) is 2.01. The molecule has 0 radical (unpaired) electrons. The molecular weight excluding hydrogens is 304 g/mol. The zero-order valence-electron chi connectivity index (χ0n) is 13.6. The van der Waals surface area contributed by atoms with E-state index < -0.39 is 6.10 Å². The van der Waals surface area contributed by atoms with Crippen molar-refractivity contribution in [3.05, 3.63) is 64.8 Å². The summed E-state index contributed by atoms with van der Waals surface area (Å²) in [5.74, 6) is 0. The van der Waals surface area contributed by atoms with Crippen molar-refractivity contribution in [2.24, 2.45) is 0 Å². The van der Waals surface area contributed by atoms with Crippen LogP contribution in [-0.4, -0.2) is 35.6 Å². The van der Waals surface area contributed by atoms with Gasteiger partial charge in [-0.15, -0.1) is 11.3 Å². The quantitative estimate of drug-likeness (QED) is 0.751. The van der Waals surface area contributed by atoms with Crippen LogP contribution in [0.15, 0.2) is 48.7 Å². The molecule has 4 heteroatoms. The van der Waals surface area contributed by atoms with E-state index in [1.54, 1.807) is 17.5 Å². The van der Waals surface area contributed by atoms with Gasteiger partial charge in [-0.05, 0) is 44.1 Å². The fourth-order valence-corrected chi connectivity index (χ4v) is 4.06. The Morgan fingerprint density at radius 2 is 1.91 bits per heavy atom. The minimum atomic E-state index is -0.516. The molecule has 0 aliphatic carbocycles. The lowest BCUT2D eigenvalue weighted by Gasteiger charge is -2.14. The smallest absolute Gasteiger partial charge is 0.0862 e. The highest BCUT2D eigenvalue weighted by atomic mass is 32.1. The van der Waals surface area contributed by atoms with Crippen molar-refractivity contribution in [2.45, 2.75) is 18.9 Å². The summed E-state index contributed by atoms with van der Waals surface area (Å²) in [7, 11) is 4.16. The Kier molecular flexibility index (Phi) is 5.06. The van der Waals surface area contributed by atoms with Gasteiger partial charge in [-0.3, -0.25) is 4.98 Å². The second-order valence-electron chi connectivity index (χ2n) is 6.03. The van der Waals surface area contributed by atoms with Gasteiger partial charge in [-0.1, -0.05) is 24.3 Å².